The summed E-state index contributed by atoms with van der Waals surface area (Å²) in [7, 11) is 0. The van der Waals surface area contributed by atoms with E-state index in [1.54, 1.807) is 6.92 Å². The SMILES string of the molecule is CC1(C)C=CC[C@]1(C)C(=O)O. The summed E-state index contributed by atoms with van der Waals surface area (Å²) < 4.78 is 0. The summed E-state index contributed by atoms with van der Waals surface area (Å²) in [6.07, 6.45) is 4.59. The normalized spacial score (nSPS) is 34.1. The van der Waals surface area contributed by atoms with Crippen LogP contribution >= 0.6 is 0 Å². The third-order valence-electron chi connectivity index (χ3n) is 2.95. The Bertz CT molecular complexity index is 216. The fourth-order valence-corrected chi connectivity index (χ4v) is 1.40. The molecule has 2 nitrogen and oxygen atoms in total. The van der Waals surface area contributed by atoms with Crippen LogP contribution in [0.1, 0.15) is 27.2 Å². The van der Waals surface area contributed by atoms with E-state index >= 15 is 0 Å². The first kappa shape index (κ1) is 8.31. The van der Waals surface area contributed by atoms with Crippen molar-refractivity contribution in [1.29, 1.82) is 0 Å². The summed E-state index contributed by atoms with van der Waals surface area (Å²) in [5.74, 6) is -0.701. The number of allylic oxidation sites excluding steroid dienone is 2. The zero-order valence-electron chi connectivity index (χ0n) is 7.22. The summed E-state index contributed by atoms with van der Waals surface area (Å²) >= 11 is 0. The number of hydrogen-bond donors (Lipinski definition) is 1. The van der Waals surface area contributed by atoms with Gasteiger partial charge < -0.3 is 5.11 Å². The first-order chi connectivity index (χ1) is 4.90. The highest BCUT2D eigenvalue weighted by Gasteiger charge is 2.47. The van der Waals surface area contributed by atoms with Crippen LogP contribution in [0.2, 0.25) is 0 Å². The van der Waals surface area contributed by atoms with Crippen molar-refractivity contribution in [2.45, 2.75) is 27.2 Å². The molecule has 0 aromatic carbocycles. The van der Waals surface area contributed by atoms with Gasteiger partial charge in [0.2, 0.25) is 0 Å². The van der Waals surface area contributed by atoms with Crippen LogP contribution in [0.4, 0.5) is 0 Å². The van der Waals surface area contributed by atoms with Crippen LogP contribution in [0.5, 0.6) is 0 Å². The Morgan fingerprint density at radius 1 is 1.45 bits per heavy atom. The van der Waals surface area contributed by atoms with Gasteiger partial charge in [-0.3, -0.25) is 4.79 Å². The van der Waals surface area contributed by atoms with E-state index in [0.29, 0.717) is 6.42 Å². The minimum atomic E-state index is -0.701. The van der Waals surface area contributed by atoms with E-state index in [9.17, 15) is 4.79 Å². The van der Waals surface area contributed by atoms with Crippen LogP contribution < -0.4 is 0 Å². The van der Waals surface area contributed by atoms with Gasteiger partial charge in [0.1, 0.15) is 0 Å². The van der Waals surface area contributed by atoms with E-state index < -0.39 is 11.4 Å². The lowest BCUT2D eigenvalue weighted by molar-refractivity contribution is -0.152. The average Bonchev–Trinajstić information content (AvgIpc) is 2.09. The van der Waals surface area contributed by atoms with Gasteiger partial charge in [-0.2, -0.15) is 0 Å². The van der Waals surface area contributed by atoms with Crippen LogP contribution in [-0.4, -0.2) is 11.1 Å². The Balaban J connectivity index is 2.99. The molecule has 0 aromatic heterocycles. The summed E-state index contributed by atoms with van der Waals surface area (Å²) in [5.41, 5.74) is -0.814. The maximum Gasteiger partial charge on any atom is 0.310 e. The molecule has 1 N–H and O–H groups in total. The topological polar surface area (TPSA) is 37.3 Å². The Labute approximate surface area is 66.9 Å². The van der Waals surface area contributed by atoms with Crippen molar-refractivity contribution in [1.82, 2.24) is 0 Å². The number of hydrogen-bond acceptors (Lipinski definition) is 1. The maximum atomic E-state index is 10.9. The van der Waals surface area contributed by atoms with Crippen molar-refractivity contribution in [3.63, 3.8) is 0 Å². The van der Waals surface area contributed by atoms with Crippen LogP contribution in [0, 0.1) is 10.8 Å². The molecule has 0 aromatic rings. The smallest absolute Gasteiger partial charge is 0.310 e. The highest BCUT2D eigenvalue weighted by atomic mass is 16.4. The zero-order chi connectivity index (χ0) is 8.70. The fourth-order valence-electron chi connectivity index (χ4n) is 1.40. The third kappa shape index (κ3) is 0.971. The zero-order valence-corrected chi connectivity index (χ0v) is 7.22. The van der Waals surface area contributed by atoms with Gasteiger partial charge in [0.15, 0.2) is 0 Å². The number of aliphatic carboxylic acids is 1. The molecule has 0 saturated carbocycles. The molecule has 0 saturated heterocycles. The molecular weight excluding hydrogens is 140 g/mol. The molecule has 11 heavy (non-hydrogen) atoms. The van der Waals surface area contributed by atoms with Crippen molar-refractivity contribution in [3.8, 4) is 0 Å². The molecule has 1 aliphatic carbocycles. The average molecular weight is 154 g/mol. The van der Waals surface area contributed by atoms with Crippen molar-refractivity contribution in [2.24, 2.45) is 10.8 Å². The molecule has 62 valence electrons. The van der Waals surface area contributed by atoms with Gasteiger partial charge >= 0.3 is 5.97 Å². The molecule has 1 aliphatic rings. The first-order valence-electron chi connectivity index (χ1n) is 3.81. The number of rotatable bonds is 1. The van der Waals surface area contributed by atoms with Crippen LogP contribution in [0.25, 0.3) is 0 Å². The highest BCUT2D eigenvalue weighted by Crippen LogP contribution is 2.47. The Kier molecular flexibility index (Phi) is 1.58. The lowest BCUT2D eigenvalue weighted by Gasteiger charge is -2.33. The standard InChI is InChI=1S/C9H14O2/c1-8(2)5-4-6-9(8,3)7(10)11/h4-5H,6H2,1-3H3,(H,10,11)/t9-/m1/s1. The lowest BCUT2D eigenvalue weighted by Crippen LogP contribution is -2.37. The molecule has 0 radical (unpaired) electrons. The fraction of sp³-hybridized carbons (Fsp3) is 0.667. The van der Waals surface area contributed by atoms with E-state index in [1.807, 2.05) is 26.0 Å². The number of carboxylic acid groups (broad SMARTS) is 1. The second-order valence-electron chi connectivity index (χ2n) is 3.97. The van der Waals surface area contributed by atoms with Gasteiger partial charge in [0.05, 0.1) is 5.41 Å². The minimum absolute atomic E-state index is 0.209. The molecule has 0 amide bonds. The largest absolute Gasteiger partial charge is 0.481 e. The summed E-state index contributed by atoms with van der Waals surface area (Å²) in [6, 6.07) is 0. The molecule has 0 aliphatic heterocycles. The maximum absolute atomic E-state index is 10.9. The minimum Gasteiger partial charge on any atom is -0.481 e. The highest BCUT2D eigenvalue weighted by molar-refractivity contribution is 5.76. The monoisotopic (exact) mass is 154 g/mol. The molecular formula is C9H14O2. The van der Waals surface area contributed by atoms with Crippen molar-refractivity contribution >= 4 is 5.97 Å². The van der Waals surface area contributed by atoms with Gasteiger partial charge in [-0.25, -0.2) is 0 Å². The molecule has 0 fully saturated rings. The molecule has 0 unspecified atom stereocenters. The number of carbonyl (C=O) groups is 1. The van der Waals surface area contributed by atoms with Crippen molar-refractivity contribution < 1.29 is 9.90 Å². The van der Waals surface area contributed by atoms with Gasteiger partial charge in [0, 0.05) is 0 Å². The van der Waals surface area contributed by atoms with Crippen LogP contribution in [-0.2, 0) is 4.79 Å². The second-order valence-corrected chi connectivity index (χ2v) is 3.97. The quantitative estimate of drug-likeness (QED) is 0.587. The van der Waals surface area contributed by atoms with E-state index in [-0.39, 0.29) is 5.41 Å². The lowest BCUT2D eigenvalue weighted by atomic mass is 9.69. The van der Waals surface area contributed by atoms with Gasteiger partial charge in [-0.15, -0.1) is 0 Å². The molecule has 1 rings (SSSR count). The molecule has 0 bridgehead atoms. The predicted molar refractivity (Wildman–Crippen MR) is 43.3 cm³/mol. The van der Waals surface area contributed by atoms with Crippen molar-refractivity contribution in [3.05, 3.63) is 12.2 Å². The Morgan fingerprint density at radius 2 is 2.00 bits per heavy atom. The second kappa shape index (κ2) is 2.10. The van der Waals surface area contributed by atoms with Crippen LogP contribution in [0.15, 0.2) is 12.2 Å². The summed E-state index contributed by atoms with van der Waals surface area (Å²) in [6.45, 7) is 5.73. The number of carboxylic acids is 1. The van der Waals surface area contributed by atoms with Gasteiger partial charge in [-0.1, -0.05) is 26.0 Å². The van der Waals surface area contributed by atoms with E-state index in [1.165, 1.54) is 0 Å². The van der Waals surface area contributed by atoms with E-state index in [0.717, 1.165) is 0 Å². The molecule has 0 heterocycles. The summed E-state index contributed by atoms with van der Waals surface area (Å²) in [5, 5.41) is 8.97. The third-order valence-corrected chi connectivity index (χ3v) is 2.95. The van der Waals surface area contributed by atoms with E-state index in [4.69, 9.17) is 5.11 Å². The van der Waals surface area contributed by atoms with Crippen molar-refractivity contribution in [2.75, 3.05) is 0 Å². The summed E-state index contributed by atoms with van der Waals surface area (Å²) in [4.78, 5) is 10.9. The van der Waals surface area contributed by atoms with E-state index in [2.05, 4.69) is 0 Å². The first-order valence-corrected chi connectivity index (χ1v) is 3.81. The Morgan fingerprint density at radius 3 is 2.18 bits per heavy atom. The van der Waals surface area contributed by atoms with Crippen LogP contribution in [0.3, 0.4) is 0 Å². The molecule has 1 atom stereocenters. The molecule has 0 spiro atoms. The Hall–Kier alpha value is -0.790. The van der Waals surface area contributed by atoms with Gasteiger partial charge in [-0.05, 0) is 18.8 Å². The predicted octanol–water partition coefficient (Wildman–Crippen LogP) is 2.06. The molecule has 2 heteroatoms. The van der Waals surface area contributed by atoms with Gasteiger partial charge in [0.25, 0.3) is 0 Å².